The average Bonchev–Trinajstić information content (AvgIpc) is 2.72. The zero-order chi connectivity index (χ0) is 21.2. The number of anilines is 1. The molecule has 2 aromatic carbocycles. The van der Waals surface area contributed by atoms with Gasteiger partial charge in [0.15, 0.2) is 6.61 Å². The fourth-order valence-electron chi connectivity index (χ4n) is 2.74. The first-order valence-corrected chi connectivity index (χ1v) is 9.51. The third kappa shape index (κ3) is 6.60. The third-order valence-electron chi connectivity index (χ3n) is 4.11. The zero-order valence-electron chi connectivity index (χ0n) is 16.6. The van der Waals surface area contributed by atoms with E-state index >= 15 is 0 Å². The van der Waals surface area contributed by atoms with Crippen LogP contribution in [0.25, 0.3) is 0 Å². The van der Waals surface area contributed by atoms with Crippen molar-refractivity contribution in [2.24, 2.45) is 0 Å². The number of nitro groups is 1. The number of carbonyl (C=O) groups excluding carboxylic acids is 2. The fourth-order valence-corrected chi connectivity index (χ4v) is 2.74. The van der Waals surface area contributed by atoms with Gasteiger partial charge in [-0.25, -0.2) is 0 Å². The molecule has 0 heterocycles. The molecule has 0 unspecified atom stereocenters. The van der Waals surface area contributed by atoms with Crippen LogP contribution in [-0.2, 0) is 4.79 Å². The van der Waals surface area contributed by atoms with E-state index in [2.05, 4.69) is 5.32 Å². The molecule has 0 bridgehead atoms. The molecule has 0 aliphatic heterocycles. The van der Waals surface area contributed by atoms with Crippen molar-refractivity contribution >= 4 is 23.2 Å². The Hall–Kier alpha value is -3.42. The molecule has 0 aliphatic rings. The number of rotatable bonds is 10. The smallest absolute Gasteiger partial charge is 0.269 e. The van der Waals surface area contributed by atoms with Crippen molar-refractivity contribution in [1.82, 2.24) is 4.90 Å². The second-order valence-corrected chi connectivity index (χ2v) is 6.46. The van der Waals surface area contributed by atoms with Crippen LogP contribution in [0.15, 0.2) is 48.5 Å². The molecule has 0 saturated heterocycles. The van der Waals surface area contributed by atoms with Crippen LogP contribution in [0.2, 0.25) is 0 Å². The summed E-state index contributed by atoms with van der Waals surface area (Å²) in [6.07, 6.45) is 1.79. The lowest BCUT2D eigenvalue weighted by molar-refractivity contribution is -0.384. The van der Waals surface area contributed by atoms with E-state index in [0.29, 0.717) is 30.1 Å². The molecule has 0 fully saturated rings. The Labute approximate surface area is 169 Å². The number of benzene rings is 2. The molecule has 154 valence electrons. The van der Waals surface area contributed by atoms with Gasteiger partial charge in [-0.2, -0.15) is 0 Å². The summed E-state index contributed by atoms with van der Waals surface area (Å²) in [5, 5.41) is 13.3. The molecule has 1 N–H and O–H groups in total. The number of non-ortho nitro benzene ring substituents is 1. The van der Waals surface area contributed by atoms with Crippen LogP contribution in [0.1, 0.15) is 37.0 Å². The van der Waals surface area contributed by atoms with Crippen molar-refractivity contribution in [1.29, 1.82) is 0 Å². The molecule has 0 aromatic heterocycles. The second-order valence-electron chi connectivity index (χ2n) is 6.46. The number of ether oxygens (including phenoxy) is 1. The Morgan fingerprint density at radius 2 is 1.59 bits per heavy atom. The highest BCUT2D eigenvalue weighted by Crippen LogP contribution is 2.17. The first-order chi connectivity index (χ1) is 13.9. The largest absolute Gasteiger partial charge is 0.484 e. The number of hydrogen-bond acceptors (Lipinski definition) is 5. The lowest BCUT2D eigenvalue weighted by Gasteiger charge is -2.21. The molecule has 0 atom stereocenters. The highest BCUT2D eigenvalue weighted by molar-refractivity contribution is 5.96. The fraction of sp³-hybridized carbons (Fsp3) is 0.333. The predicted octanol–water partition coefficient (Wildman–Crippen LogP) is 3.87. The van der Waals surface area contributed by atoms with Gasteiger partial charge in [0.25, 0.3) is 17.5 Å². The van der Waals surface area contributed by atoms with Crippen LogP contribution >= 0.6 is 0 Å². The minimum atomic E-state index is -0.505. The molecule has 2 amide bonds. The van der Waals surface area contributed by atoms with E-state index in [1.54, 1.807) is 24.3 Å². The van der Waals surface area contributed by atoms with Gasteiger partial charge in [0.05, 0.1) is 4.92 Å². The quantitative estimate of drug-likeness (QED) is 0.483. The number of amides is 2. The van der Waals surface area contributed by atoms with Crippen molar-refractivity contribution < 1.29 is 19.2 Å². The van der Waals surface area contributed by atoms with Crippen molar-refractivity contribution in [3.8, 4) is 5.75 Å². The Morgan fingerprint density at radius 1 is 1.00 bits per heavy atom. The lowest BCUT2D eigenvalue weighted by Crippen LogP contribution is -2.32. The maximum absolute atomic E-state index is 12.6. The van der Waals surface area contributed by atoms with Gasteiger partial charge in [-0.05, 0) is 49.2 Å². The summed E-state index contributed by atoms with van der Waals surface area (Å²) in [7, 11) is 0. The number of hydrogen-bond donors (Lipinski definition) is 1. The first kappa shape index (κ1) is 21.9. The summed E-state index contributed by atoms with van der Waals surface area (Å²) in [6, 6.07) is 12.2. The van der Waals surface area contributed by atoms with Gasteiger partial charge < -0.3 is 15.0 Å². The van der Waals surface area contributed by atoms with E-state index in [1.807, 2.05) is 18.7 Å². The van der Waals surface area contributed by atoms with Gasteiger partial charge in [-0.1, -0.05) is 13.8 Å². The van der Waals surface area contributed by atoms with Gasteiger partial charge in [-0.15, -0.1) is 0 Å². The summed E-state index contributed by atoms with van der Waals surface area (Å²) in [4.78, 5) is 36.5. The Balaban J connectivity index is 1.89. The number of nitro benzene ring substituents is 1. The summed E-state index contributed by atoms with van der Waals surface area (Å²) in [6.45, 7) is 5.26. The van der Waals surface area contributed by atoms with E-state index in [0.717, 1.165) is 12.8 Å². The van der Waals surface area contributed by atoms with E-state index in [9.17, 15) is 19.7 Å². The molecule has 0 spiro atoms. The van der Waals surface area contributed by atoms with E-state index in [1.165, 1.54) is 24.3 Å². The lowest BCUT2D eigenvalue weighted by atomic mass is 10.1. The van der Waals surface area contributed by atoms with Crippen LogP contribution in [0.3, 0.4) is 0 Å². The standard InChI is InChI=1S/C21H25N3O5/c1-3-13-23(14-4-2)21(26)16-5-7-17(8-6-16)22-20(25)15-29-19-11-9-18(10-12-19)24(27)28/h5-12H,3-4,13-15H2,1-2H3,(H,22,25). The van der Waals surface area contributed by atoms with Gasteiger partial charge in [0.2, 0.25) is 0 Å². The molecular formula is C21H25N3O5. The minimum absolute atomic E-state index is 0.0203. The SMILES string of the molecule is CCCN(CCC)C(=O)c1ccc(NC(=O)COc2ccc([N+](=O)[O-])cc2)cc1. The van der Waals surface area contributed by atoms with Gasteiger partial charge in [0.1, 0.15) is 5.75 Å². The molecular weight excluding hydrogens is 374 g/mol. The molecule has 0 radical (unpaired) electrons. The average molecular weight is 399 g/mol. The first-order valence-electron chi connectivity index (χ1n) is 9.51. The van der Waals surface area contributed by atoms with E-state index < -0.39 is 4.92 Å². The summed E-state index contributed by atoms with van der Waals surface area (Å²) in [5.74, 6) is -0.0345. The van der Waals surface area contributed by atoms with Crippen LogP contribution in [-0.4, -0.2) is 41.3 Å². The van der Waals surface area contributed by atoms with Crippen molar-refractivity contribution in [2.75, 3.05) is 25.0 Å². The van der Waals surface area contributed by atoms with Crippen LogP contribution < -0.4 is 10.1 Å². The topological polar surface area (TPSA) is 102 Å². The summed E-state index contributed by atoms with van der Waals surface area (Å²) in [5.41, 5.74) is 1.08. The molecule has 2 aromatic rings. The molecule has 2 rings (SSSR count). The second kappa shape index (κ2) is 10.8. The van der Waals surface area contributed by atoms with Crippen molar-refractivity contribution in [3.05, 3.63) is 64.2 Å². The predicted molar refractivity (Wildman–Crippen MR) is 110 cm³/mol. The maximum atomic E-state index is 12.6. The van der Waals surface area contributed by atoms with Crippen LogP contribution in [0.5, 0.6) is 5.75 Å². The number of carbonyl (C=O) groups is 2. The summed E-state index contributed by atoms with van der Waals surface area (Å²) < 4.78 is 5.33. The molecule has 8 heteroatoms. The summed E-state index contributed by atoms with van der Waals surface area (Å²) >= 11 is 0. The van der Waals surface area contributed by atoms with Gasteiger partial charge in [0, 0.05) is 36.5 Å². The minimum Gasteiger partial charge on any atom is -0.484 e. The Kier molecular flexibility index (Phi) is 8.14. The molecule has 29 heavy (non-hydrogen) atoms. The highest BCUT2D eigenvalue weighted by atomic mass is 16.6. The zero-order valence-corrected chi connectivity index (χ0v) is 16.6. The van der Waals surface area contributed by atoms with Crippen LogP contribution in [0, 0.1) is 10.1 Å². The van der Waals surface area contributed by atoms with Gasteiger partial charge in [-0.3, -0.25) is 19.7 Å². The van der Waals surface area contributed by atoms with E-state index in [4.69, 9.17) is 4.74 Å². The van der Waals surface area contributed by atoms with Gasteiger partial charge >= 0.3 is 0 Å². The van der Waals surface area contributed by atoms with E-state index in [-0.39, 0.29) is 24.1 Å². The van der Waals surface area contributed by atoms with Crippen molar-refractivity contribution in [3.63, 3.8) is 0 Å². The number of nitrogens with zero attached hydrogens (tertiary/aromatic N) is 2. The maximum Gasteiger partial charge on any atom is 0.269 e. The number of nitrogens with one attached hydrogen (secondary N) is 1. The molecule has 0 saturated carbocycles. The third-order valence-corrected chi connectivity index (χ3v) is 4.11. The Bertz CT molecular complexity index is 828. The Morgan fingerprint density at radius 3 is 2.10 bits per heavy atom. The van der Waals surface area contributed by atoms with Crippen LogP contribution in [0.4, 0.5) is 11.4 Å². The van der Waals surface area contributed by atoms with Crippen molar-refractivity contribution in [2.45, 2.75) is 26.7 Å². The monoisotopic (exact) mass is 399 g/mol. The molecule has 8 nitrogen and oxygen atoms in total. The molecule has 0 aliphatic carbocycles. The normalized spacial score (nSPS) is 10.3. The highest BCUT2D eigenvalue weighted by Gasteiger charge is 2.14.